The molecule has 1 aliphatic heterocycles. The summed E-state index contributed by atoms with van der Waals surface area (Å²) in [4.78, 5) is 6.85. The summed E-state index contributed by atoms with van der Waals surface area (Å²) in [5, 5.41) is 11.3. The number of rotatable bonds is 6. The first-order valence-corrected chi connectivity index (χ1v) is 10.5. The Morgan fingerprint density at radius 3 is 2.68 bits per heavy atom. The van der Waals surface area contributed by atoms with Gasteiger partial charge in [-0.1, -0.05) is 42.0 Å². The van der Waals surface area contributed by atoms with Gasteiger partial charge < -0.3 is 15.5 Å². The molecule has 1 atom stereocenters. The fraction of sp³-hybridized carbons (Fsp3) is 0.333. The molecule has 6 nitrogen and oxygen atoms in total. The normalized spacial score (nSPS) is 16.1. The predicted molar refractivity (Wildman–Crippen MR) is 138 cm³/mol. The third kappa shape index (κ3) is 6.46. The Morgan fingerprint density at radius 1 is 1.13 bits per heavy atom. The highest BCUT2D eigenvalue weighted by Crippen LogP contribution is 2.20. The molecule has 2 N–H and O–H groups in total. The molecule has 1 unspecified atom stereocenters. The lowest BCUT2D eigenvalue weighted by Crippen LogP contribution is -2.44. The first-order chi connectivity index (χ1) is 14.7. The van der Waals surface area contributed by atoms with E-state index < -0.39 is 0 Å². The number of halogens is 1. The van der Waals surface area contributed by atoms with Crippen molar-refractivity contribution in [1.82, 2.24) is 20.4 Å². The first kappa shape index (κ1) is 23.1. The van der Waals surface area contributed by atoms with Crippen LogP contribution in [-0.2, 0) is 13.1 Å². The lowest BCUT2D eigenvalue weighted by molar-refractivity contribution is 0.648. The van der Waals surface area contributed by atoms with E-state index in [2.05, 4.69) is 81.1 Å². The van der Waals surface area contributed by atoms with Crippen molar-refractivity contribution in [3.05, 3.63) is 83.7 Å². The molecule has 0 spiro atoms. The Labute approximate surface area is 201 Å². The Morgan fingerprint density at radius 2 is 1.94 bits per heavy atom. The van der Waals surface area contributed by atoms with Gasteiger partial charge in [-0.3, -0.25) is 9.67 Å². The van der Waals surface area contributed by atoms with Crippen LogP contribution in [0.4, 0.5) is 5.69 Å². The van der Waals surface area contributed by atoms with Gasteiger partial charge >= 0.3 is 0 Å². The highest BCUT2D eigenvalue weighted by molar-refractivity contribution is 14.0. The highest BCUT2D eigenvalue weighted by atomic mass is 127. The maximum Gasteiger partial charge on any atom is 0.191 e. The van der Waals surface area contributed by atoms with Crippen molar-refractivity contribution >= 4 is 35.6 Å². The number of nitrogens with one attached hydrogen (secondary N) is 2. The monoisotopic (exact) mass is 530 g/mol. The summed E-state index contributed by atoms with van der Waals surface area (Å²) in [7, 11) is 1.83. The summed E-state index contributed by atoms with van der Waals surface area (Å²) in [6.45, 7) is 5.70. The van der Waals surface area contributed by atoms with Gasteiger partial charge in [0.25, 0.3) is 0 Å². The Balaban J connectivity index is 0.00000272. The molecule has 0 radical (unpaired) electrons. The highest BCUT2D eigenvalue weighted by Gasteiger charge is 2.23. The second-order valence-electron chi connectivity index (χ2n) is 7.86. The summed E-state index contributed by atoms with van der Waals surface area (Å²) in [6.07, 6.45) is 4.90. The number of benzene rings is 2. The third-order valence-corrected chi connectivity index (χ3v) is 5.51. The molecule has 2 aromatic carbocycles. The second-order valence-corrected chi connectivity index (χ2v) is 7.86. The standard InChI is InChI=1S/C24H30N6.HI/c1-19-7-9-23(10-8-19)29-14-11-22(18-29)28-24(25-2)26-16-20-5-3-6-21(15-20)17-30-13-4-12-27-30;/h3-10,12-13,15,22H,11,14,16-18H2,1-2H3,(H2,25,26,28);1H. The third-order valence-electron chi connectivity index (χ3n) is 5.51. The fourth-order valence-corrected chi connectivity index (χ4v) is 3.86. The molecule has 4 rings (SSSR count). The number of aromatic nitrogens is 2. The minimum atomic E-state index is 0. The smallest absolute Gasteiger partial charge is 0.191 e. The summed E-state index contributed by atoms with van der Waals surface area (Å²) < 4.78 is 1.94. The minimum absolute atomic E-state index is 0. The second kappa shape index (κ2) is 11.2. The van der Waals surface area contributed by atoms with Crippen molar-refractivity contribution in [3.63, 3.8) is 0 Å². The molecule has 1 aromatic heterocycles. The Hall–Kier alpha value is -2.55. The molecule has 1 saturated heterocycles. The van der Waals surface area contributed by atoms with Crippen LogP contribution in [0.3, 0.4) is 0 Å². The van der Waals surface area contributed by atoms with E-state index in [1.54, 1.807) is 0 Å². The molecule has 2 heterocycles. The van der Waals surface area contributed by atoms with E-state index in [1.165, 1.54) is 22.4 Å². The van der Waals surface area contributed by atoms with Crippen LogP contribution in [0.2, 0.25) is 0 Å². The molecule has 0 amide bonds. The predicted octanol–water partition coefficient (Wildman–Crippen LogP) is 3.80. The zero-order valence-corrected chi connectivity index (χ0v) is 20.5. The molecule has 1 aliphatic rings. The molecule has 31 heavy (non-hydrogen) atoms. The topological polar surface area (TPSA) is 57.5 Å². The van der Waals surface area contributed by atoms with Crippen LogP contribution in [0.1, 0.15) is 23.1 Å². The van der Waals surface area contributed by atoms with Gasteiger partial charge in [0.05, 0.1) is 6.54 Å². The van der Waals surface area contributed by atoms with Gasteiger partial charge in [0.1, 0.15) is 0 Å². The first-order valence-electron chi connectivity index (χ1n) is 10.5. The molecule has 0 aliphatic carbocycles. The van der Waals surface area contributed by atoms with E-state index in [0.717, 1.165) is 38.6 Å². The molecule has 3 aromatic rings. The van der Waals surface area contributed by atoms with Gasteiger partial charge in [-0.25, -0.2) is 0 Å². The zero-order chi connectivity index (χ0) is 20.8. The molecule has 7 heteroatoms. The van der Waals surface area contributed by atoms with Crippen LogP contribution < -0.4 is 15.5 Å². The minimum Gasteiger partial charge on any atom is -0.369 e. The Kier molecular flexibility index (Phi) is 8.34. The van der Waals surface area contributed by atoms with Crippen molar-refractivity contribution in [2.24, 2.45) is 4.99 Å². The van der Waals surface area contributed by atoms with Crippen molar-refractivity contribution in [2.45, 2.75) is 32.5 Å². The van der Waals surface area contributed by atoms with Crippen molar-refractivity contribution < 1.29 is 0 Å². The SMILES string of the molecule is CN=C(NCc1cccc(Cn2cccn2)c1)NC1CCN(c2ccc(C)cc2)C1.I. The van der Waals surface area contributed by atoms with Gasteiger partial charge in [0.15, 0.2) is 5.96 Å². The molecular weight excluding hydrogens is 499 g/mol. The van der Waals surface area contributed by atoms with Gasteiger partial charge in [-0.15, -0.1) is 24.0 Å². The number of guanidine groups is 1. The largest absolute Gasteiger partial charge is 0.369 e. The molecule has 164 valence electrons. The van der Waals surface area contributed by atoms with Crippen molar-refractivity contribution in [3.8, 4) is 0 Å². The van der Waals surface area contributed by atoms with E-state index in [1.807, 2.05) is 30.2 Å². The summed E-state index contributed by atoms with van der Waals surface area (Å²) in [5.41, 5.74) is 5.06. The lowest BCUT2D eigenvalue weighted by Gasteiger charge is -2.20. The maximum absolute atomic E-state index is 4.42. The number of aryl methyl sites for hydroxylation is 1. The number of nitrogens with zero attached hydrogens (tertiary/aromatic N) is 4. The number of hydrogen-bond donors (Lipinski definition) is 2. The van der Waals surface area contributed by atoms with Crippen LogP contribution >= 0.6 is 24.0 Å². The van der Waals surface area contributed by atoms with E-state index in [0.29, 0.717) is 6.04 Å². The van der Waals surface area contributed by atoms with Crippen molar-refractivity contribution in [2.75, 3.05) is 25.0 Å². The van der Waals surface area contributed by atoms with Gasteiger partial charge in [0.2, 0.25) is 0 Å². The van der Waals surface area contributed by atoms with Crippen LogP contribution in [0.5, 0.6) is 0 Å². The molecule has 1 fully saturated rings. The zero-order valence-electron chi connectivity index (χ0n) is 18.2. The summed E-state index contributed by atoms with van der Waals surface area (Å²) >= 11 is 0. The number of anilines is 1. The van der Waals surface area contributed by atoms with Crippen LogP contribution in [0.15, 0.2) is 72.0 Å². The van der Waals surface area contributed by atoms with Gasteiger partial charge in [-0.05, 0) is 42.7 Å². The van der Waals surface area contributed by atoms with E-state index in [9.17, 15) is 0 Å². The molecular formula is C24H31IN6. The van der Waals surface area contributed by atoms with E-state index in [-0.39, 0.29) is 24.0 Å². The van der Waals surface area contributed by atoms with Crippen LogP contribution in [0, 0.1) is 6.92 Å². The maximum atomic E-state index is 4.42. The van der Waals surface area contributed by atoms with E-state index in [4.69, 9.17) is 0 Å². The number of aliphatic imine (C=N–C) groups is 1. The average Bonchev–Trinajstić information content (AvgIpc) is 3.44. The average molecular weight is 530 g/mol. The van der Waals surface area contributed by atoms with Gasteiger partial charge in [0, 0.05) is 50.8 Å². The van der Waals surface area contributed by atoms with Crippen LogP contribution in [0.25, 0.3) is 0 Å². The van der Waals surface area contributed by atoms with Gasteiger partial charge in [-0.2, -0.15) is 5.10 Å². The lowest BCUT2D eigenvalue weighted by atomic mass is 10.1. The summed E-state index contributed by atoms with van der Waals surface area (Å²) in [5.74, 6) is 0.850. The van der Waals surface area contributed by atoms with Crippen LogP contribution in [-0.4, -0.2) is 41.9 Å². The number of hydrogen-bond acceptors (Lipinski definition) is 3. The van der Waals surface area contributed by atoms with E-state index >= 15 is 0 Å². The fourth-order valence-electron chi connectivity index (χ4n) is 3.86. The summed E-state index contributed by atoms with van der Waals surface area (Å²) in [6, 6.07) is 19.7. The molecule has 0 bridgehead atoms. The Bertz CT molecular complexity index is 968. The molecule has 0 saturated carbocycles. The quantitative estimate of drug-likeness (QED) is 0.289. The van der Waals surface area contributed by atoms with Crippen molar-refractivity contribution in [1.29, 1.82) is 0 Å².